The van der Waals surface area contributed by atoms with Crippen molar-refractivity contribution in [1.29, 1.82) is 0 Å². The fraction of sp³-hybridized carbons (Fsp3) is 0.455. The smallest absolute Gasteiger partial charge is 0.228 e. The van der Waals surface area contributed by atoms with Gasteiger partial charge < -0.3 is 15.0 Å². The maximum atomic E-state index is 13.0. The Labute approximate surface area is 175 Å². The zero-order valence-corrected chi connectivity index (χ0v) is 17.6. The van der Waals surface area contributed by atoms with Gasteiger partial charge in [0.2, 0.25) is 11.8 Å². The molecule has 0 radical (unpaired) electrons. The molecule has 3 rings (SSSR count). The normalized spacial score (nSPS) is 16.0. The lowest BCUT2D eigenvalue weighted by Gasteiger charge is -2.17. The van der Waals surface area contributed by atoms with Crippen molar-refractivity contribution >= 4 is 17.5 Å². The largest absolute Gasteiger partial charge is 0.384 e. The molecule has 1 aromatic carbocycles. The van der Waals surface area contributed by atoms with Gasteiger partial charge in [0, 0.05) is 48.8 Å². The number of carbonyl (C=O) groups is 2. The number of aryl methyl sites for hydroxylation is 2. The monoisotopic (exact) mass is 414 g/mol. The lowest BCUT2D eigenvalue weighted by atomic mass is 10.0. The van der Waals surface area contributed by atoms with E-state index in [0.717, 1.165) is 29.2 Å². The van der Waals surface area contributed by atoms with E-state index in [4.69, 9.17) is 4.74 Å². The Bertz CT molecular complexity index is 894. The Morgan fingerprint density at radius 2 is 1.87 bits per heavy atom. The average Bonchev–Trinajstić information content (AvgIpc) is 3.21. The fourth-order valence-electron chi connectivity index (χ4n) is 3.65. The molecular formula is C22H27FN4O3. The highest BCUT2D eigenvalue weighted by Gasteiger charge is 2.29. The van der Waals surface area contributed by atoms with E-state index < -0.39 is 0 Å². The molecule has 1 atom stereocenters. The quantitative estimate of drug-likeness (QED) is 0.753. The summed E-state index contributed by atoms with van der Waals surface area (Å²) in [6.07, 6.45) is 1.34. The molecule has 0 bridgehead atoms. The second kappa shape index (κ2) is 9.75. The van der Waals surface area contributed by atoms with Crippen LogP contribution in [0.4, 0.5) is 10.1 Å². The van der Waals surface area contributed by atoms with Crippen molar-refractivity contribution in [2.45, 2.75) is 39.0 Å². The van der Waals surface area contributed by atoms with Crippen LogP contribution in [0, 0.1) is 19.7 Å². The molecule has 1 aliphatic heterocycles. The van der Waals surface area contributed by atoms with E-state index in [1.165, 1.54) is 24.3 Å². The van der Waals surface area contributed by atoms with Crippen molar-refractivity contribution in [1.82, 2.24) is 14.9 Å². The molecule has 0 aliphatic carbocycles. The first-order valence-corrected chi connectivity index (χ1v) is 10.0. The van der Waals surface area contributed by atoms with E-state index in [1.807, 2.05) is 18.7 Å². The highest BCUT2D eigenvalue weighted by Crippen LogP contribution is 2.26. The maximum absolute atomic E-state index is 13.0. The summed E-state index contributed by atoms with van der Waals surface area (Å²) in [4.78, 5) is 35.7. The van der Waals surface area contributed by atoms with Crippen LogP contribution in [0.3, 0.4) is 0 Å². The Balaban J connectivity index is 1.64. The molecule has 1 aromatic heterocycles. The summed E-state index contributed by atoms with van der Waals surface area (Å²) in [7, 11) is 1.58. The number of benzene rings is 1. The number of nitrogens with zero attached hydrogens (tertiary/aromatic N) is 3. The molecule has 7 nitrogen and oxygen atoms in total. The Morgan fingerprint density at radius 3 is 2.50 bits per heavy atom. The molecule has 0 saturated carbocycles. The molecule has 1 saturated heterocycles. The summed E-state index contributed by atoms with van der Waals surface area (Å²) in [6.45, 7) is 5.45. The minimum atomic E-state index is -0.352. The predicted octanol–water partition coefficient (Wildman–Crippen LogP) is 2.77. The molecule has 0 spiro atoms. The van der Waals surface area contributed by atoms with E-state index in [9.17, 15) is 14.0 Å². The number of ether oxygens (including phenoxy) is 1. The van der Waals surface area contributed by atoms with Gasteiger partial charge in [-0.15, -0.1) is 0 Å². The number of anilines is 1. The van der Waals surface area contributed by atoms with Gasteiger partial charge in [-0.3, -0.25) is 9.59 Å². The van der Waals surface area contributed by atoms with Gasteiger partial charge in [0.25, 0.3) is 0 Å². The van der Waals surface area contributed by atoms with Gasteiger partial charge in [0.05, 0.1) is 19.4 Å². The second-order valence-electron chi connectivity index (χ2n) is 7.53. The lowest BCUT2D eigenvalue weighted by molar-refractivity contribution is -0.131. The average molecular weight is 414 g/mol. The number of nitrogens with one attached hydrogen (secondary N) is 1. The van der Waals surface area contributed by atoms with Gasteiger partial charge in [-0.2, -0.15) is 0 Å². The number of likely N-dealkylation sites (tertiary alicyclic amines) is 1. The van der Waals surface area contributed by atoms with Crippen molar-refractivity contribution in [3.63, 3.8) is 0 Å². The van der Waals surface area contributed by atoms with Gasteiger partial charge in [0.1, 0.15) is 11.6 Å². The van der Waals surface area contributed by atoms with Gasteiger partial charge in [-0.1, -0.05) is 0 Å². The van der Waals surface area contributed by atoms with Crippen LogP contribution in [-0.2, 0) is 20.7 Å². The number of carbonyl (C=O) groups excluding carboxylic acids is 2. The van der Waals surface area contributed by atoms with Crippen molar-refractivity contribution in [3.05, 3.63) is 52.9 Å². The van der Waals surface area contributed by atoms with Crippen molar-refractivity contribution in [2.24, 2.45) is 0 Å². The van der Waals surface area contributed by atoms with Crippen molar-refractivity contribution in [3.8, 4) is 0 Å². The number of amides is 2. The molecule has 1 aliphatic rings. The Kier molecular flexibility index (Phi) is 7.10. The van der Waals surface area contributed by atoms with Gasteiger partial charge in [0.15, 0.2) is 0 Å². The van der Waals surface area contributed by atoms with Crippen LogP contribution >= 0.6 is 0 Å². The molecular weight excluding hydrogens is 387 g/mol. The molecule has 1 fully saturated rings. The highest BCUT2D eigenvalue weighted by atomic mass is 19.1. The van der Waals surface area contributed by atoms with Gasteiger partial charge in [-0.05, 0) is 44.5 Å². The number of aromatic nitrogens is 2. The molecule has 8 heteroatoms. The molecule has 2 aromatic rings. The lowest BCUT2D eigenvalue weighted by Crippen LogP contribution is -2.29. The minimum absolute atomic E-state index is 0.0851. The number of rotatable bonds is 7. The van der Waals surface area contributed by atoms with E-state index in [1.54, 1.807) is 7.11 Å². The third-order valence-corrected chi connectivity index (χ3v) is 5.33. The summed E-state index contributed by atoms with van der Waals surface area (Å²) in [5.74, 6) is 0.335. The predicted molar refractivity (Wildman–Crippen MR) is 111 cm³/mol. The number of hydrogen-bond acceptors (Lipinski definition) is 5. The van der Waals surface area contributed by atoms with Crippen LogP contribution in [-0.4, -0.2) is 53.5 Å². The molecule has 160 valence electrons. The molecule has 30 heavy (non-hydrogen) atoms. The first-order valence-electron chi connectivity index (χ1n) is 10.0. The summed E-state index contributed by atoms with van der Waals surface area (Å²) in [5, 5.41) is 2.76. The van der Waals surface area contributed by atoms with Gasteiger partial charge >= 0.3 is 0 Å². The first-order chi connectivity index (χ1) is 14.4. The molecule has 1 N–H and O–H groups in total. The van der Waals surface area contributed by atoms with E-state index in [-0.39, 0.29) is 30.0 Å². The zero-order chi connectivity index (χ0) is 21.7. The summed E-state index contributed by atoms with van der Waals surface area (Å²) in [5.41, 5.74) is 2.84. The maximum Gasteiger partial charge on any atom is 0.228 e. The summed E-state index contributed by atoms with van der Waals surface area (Å²) < 4.78 is 18.0. The first kappa shape index (κ1) is 21.8. The van der Waals surface area contributed by atoms with Crippen molar-refractivity contribution < 1.29 is 18.7 Å². The number of hydrogen-bond donors (Lipinski definition) is 1. The van der Waals surface area contributed by atoms with Crippen LogP contribution in [0.15, 0.2) is 24.3 Å². The van der Waals surface area contributed by atoms with Crippen LogP contribution in [0.5, 0.6) is 0 Å². The zero-order valence-electron chi connectivity index (χ0n) is 17.6. The summed E-state index contributed by atoms with van der Waals surface area (Å²) >= 11 is 0. The van der Waals surface area contributed by atoms with Crippen LogP contribution in [0.1, 0.15) is 41.5 Å². The van der Waals surface area contributed by atoms with Crippen LogP contribution in [0.2, 0.25) is 0 Å². The second-order valence-corrected chi connectivity index (χ2v) is 7.53. The van der Waals surface area contributed by atoms with E-state index in [2.05, 4.69) is 15.3 Å². The molecule has 2 amide bonds. The van der Waals surface area contributed by atoms with Crippen LogP contribution < -0.4 is 5.32 Å². The standard InChI is InChI=1S/C22H27FN4O3/c1-14-19(12-20(28)26-18-6-4-17(23)5-7-18)15(2)25-22(24-14)16-8-10-27(13-16)21(29)9-11-30-3/h4-7,16H,8-13H2,1-3H3,(H,26,28). The van der Waals surface area contributed by atoms with Crippen molar-refractivity contribution in [2.75, 3.05) is 32.1 Å². The topological polar surface area (TPSA) is 84.4 Å². The third-order valence-electron chi connectivity index (χ3n) is 5.33. The fourth-order valence-corrected chi connectivity index (χ4v) is 3.65. The Hall–Kier alpha value is -2.87. The number of methoxy groups -OCH3 is 1. The van der Waals surface area contributed by atoms with Gasteiger partial charge in [-0.25, -0.2) is 14.4 Å². The van der Waals surface area contributed by atoms with Crippen LogP contribution in [0.25, 0.3) is 0 Å². The highest BCUT2D eigenvalue weighted by molar-refractivity contribution is 5.92. The van der Waals surface area contributed by atoms with E-state index >= 15 is 0 Å². The third kappa shape index (κ3) is 5.38. The molecule has 2 heterocycles. The number of halogens is 1. The molecule has 1 unspecified atom stereocenters. The SMILES string of the molecule is COCCC(=O)N1CCC(c2nc(C)c(CC(=O)Nc3ccc(F)cc3)c(C)n2)C1. The summed E-state index contributed by atoms with van der Waals surface area (Å²) in [6, 6.07) is 5.64. The van der Waals surface area contributed by atoms with E-state index in [0.29, 0.717) is 31.8 Å². The minimum Gasteiger partial charge on any atom is -0.384 e. The Morgan fingerprint density at radius 1 is 1.20 bits per heavy atom.